The summed E-state index contributed by atoms with van der Waals surface area (Å²) in [5, 5.41) is 9.26. The van der Waals surface area contributed by atoms with Crippen LogP contribution in [-0.4, -0.2) is 52.6 Å². The first-order valence-corrected chi connectivity index (χ1v) is 6.77. The normalized spacial score (nSPS) is 28.0. The van der Waals surface area contributed by atoms with Gasteiger partial charge in [0.15, 0.2) is 0 Å². The molecule has 1 unspecified atom stereocenters. The summed E-state index contributed by atoms with van der Waals surface area (Å²) in [5.74, 6) is -0.797. The molecule has 1 saturated carbocycles. The number of aliphatic carboxylic acids is 1. The van der Waals surface area contributed by atoms with E-state index in [1.165, 1.54) is 0 Å². The van der Waals surface area contributed by atoms with E-state index >= 15 is 0 Å². The predicted octanol–water partition coefficient (Wildman–Crippen LogP) is 1.78. The van der Waals surface area contributed by atoms with E-state index in [0.717, 1.165) is 19.3 Å². The molecule has 2 rings (SSSR count). The summed E-state index contributed by atoms with van der Waals surface area (Å²) >= 11 is 0. The van der Waals surface area contributed by atoms with E-state index in [1.54, 1.807) is 11.8 Å². The van der Waals surface area contributed by atoms with Gasteiger partial charge in [-0.05, 0) is 39.5 Å². The van der Waals surface area contributed by atoms with Crippen molar-refractivity contribution in [1.29, 1.82) is 0 Å². The molecule has 18 heavy (non-hydrogen) atoms. The maximum absolute atomic E-state index is 12.4. The second-order valence-electron chi connectivity index (χ2n) is 5.69. The van der Waals surface area contributed by atoms with Gasteiger partial charge in [-0.2, -0.15) is 0 Å². The molecule has 1 N–H and O–H groups in total. The van der Waals surface area contributed by atoms with E-state index < -0.39 is 11.4 Å². The van der Waals surface area contributed by atoms with Gasteiger partial charge in [-0.15, -0.1) is 0 Å². The Morgan fingerprint density at radius 1 is 1.44 bits per heavy atom. The number of rotatable bonds is 3. The highest BCUT2D eigenvalue weighted by molar-refractivity contribution is 5.79. The van der Waals surface area contributed by atoms with E-state index in [-0.39, 0.29) is 6.03 Å². The van der Waals surface area contributed by atoms with Gasteiger partial charge in [0.2, 0.25) is 0 Å². The van der Waals surface area contributed by atoms with Gasteiger partial charge in [0, 0.05) is 25.7 Å². The zero-order valence-electron chi connectivity index (χ0n) is 11.2. The van der Waals surface area contributed by atoms with Gasteiger partial charge < -0.3 is 14.9 Å². The number of hydrogen-bond acceptors (Lipinski definition) is 2. The molecule has 2 aliphatic rings. The number of carbonyl (C=O) groups is 2. The Kier molecular flexibility index (Phi) is 3.50. The average Bonchev–Trinajstić information content (AvgIpc) is 3.14. The lowest BCUT2D eigenvalue weighted by molar-refractivity contribution is -0.150. The van der Waals surface area contributed by atoms with Crippen LogP contribution in [-0.2, 0) is 4.79 Å². The molecule has 1 aliphatic carbocycles. The Hall–Kier alpha value is -1.26. The lowest BCUT2D eigenvalue weighted by Gasteiger charge is -2.39. The minimum Gasteiger partial charge on any atom is -0.481 e. The molecule has 1 saturated heterocycles. The highest BCUT2D eigenvalue weighted by Gasteiger charge is 2.42. The number of carboxylic acid groups (broad SMARTS) is 1. The monoisotopic (exact) mass is 254 g/mol. The topological polar surface area (TPSA) is 60.9 Å². The van der Waals surface area contributed by atoms with Crippen molar-refractivity contribution >= 4 is 12.0 Å². The number of nitrogens with zero attached hydrogens (tertiary/aromatic N) is 2. The van der Waals surface area contributed by atoms with Crippen molar-refractivity contribution in [2.75, 3.05) is 19.6 Å². The lowest BCUT2D eigenvalue weighted by Crippen LogP contribution is -2.53. The molecule has 0 aromatic heterocycles. The van der Waals surface area contributed by atoms with E-state index in [2.05, 4.69) is 0 Å². The Balaban J connectivity index is 2.04. The van der Waals surface area contributed by atoms with Gasteiger partial charge in [-0.1, -0.05) is 0 Å². The number of hydrogen-bond donors (Lipinski definition) is 1. The standard InChI is InChI=1S/C13H22N2O3/c1-3-15(10-5-6-10)12(18)14-8-4-7-13(2,9-14)11(16)17/h10H,3-9H2,1-2H3,(H,16,17). The van der Waals surface area contributed by atoms with Crippen LogP contribution in [0.1, 0.15) is 39.5 Å². The van der Waals surface area contributed by atoms with Crippen molar-refractivity contribution in [1.82, 2.24) is 9.80 Å². The van der Waals surface area contributed by atoms with Gasteiger partial charge >= 0.3 is 12.0 Å². The van der Waals surface area contributed by atoms with Crippen LogP contribution in [0.15, 0.2) is 0 Å². The summed E-state index contributed by atoms with van der Waals surface area (Å²) in [5.41, 5.74) is -0.781. The SMILES string of the molecule is CCN(C(=O)N1CCCC(C)(C(=O)O)C1)C1CC1. The zero-order valence-corrected chi connectivity index (χ0v) is 11.2. The molecule has 0 aromatic carbocycles. The minimum absolute atomic E-state index is 0.0205. The summed E-state index contributed by atoms with van der Waals surface area (Å²) in [6.45, 7) is 5.46. The maximum atomic E-state index is 12.4. The minimum atomic E-state index is -0.797. The first-order chi connectivity index (χ1) is 8.48. The van der Waals surface area contributed by atoms with Crippen LogP contribution in [0.3, 0.4) is 0 Å². The Morgan fingerprint density at radius 3 is 2.61 bits per heavy atom. The van der Waals surface area contributed by atoms with Crippen molar-refractivity contribution in [3.8, 4) is 0 Å². The Labute approximate surface area is 108 Å². The first-order valence-electron chi connectivity index (χ1n) is 6.77. The number of likely N-dealkylation sites (tertiary alicyclic amines) is 1. The Bertz CT molecular complexity index is 354. The molecular formula is C13H22N2O3. The molecule has 5 heteroatoms. The van der Waals surface area contributed by atoms with Crippen LogP contribution in [0.5, 0.6) is 0 Å². The zero-order chi connectivity index (χ0) is 13.3. The van der Waals surface area contributed by atoms with Crippen molar-refractivity contribution in [3.05, 3.63) is 0 Å². The third-order valence-corrected chi connectivity index (χ3v) is 4.06. The molecule has 2 amide bonds. The van der Waals surface area contributed by atoms with Gasteiger partial charge in [-0.3, -0.25) is 4.79 Å². The summed E-state index contributed by atoms with van der Waals surface area (Å²) in [4.78, 5) is 27.3. The third-order valence-electron chi connectivity index (χ3n) is 4.06. The van der Waals surface area contributed by atoms with E-state index in [4.69, 9.17) is 0 Å². The number of amides is 2. The Morgan fingerprint density at radius 2 is 2.11 bits per heavy atom. The summed E-state index contributed by atoms with van der Waals surface area (Å²) in [6, 6.07) is 0.410. The van der Waals surface area contributed by atoms with E-state index in [0.29, 0.717) is 32.1 Å². The van der Waals surface area contributed by atoms with E-state index in [1.807, 2.05) is 11.8 Å². The van der Waals surface area contributed by atoms with Crippen molar-refractivity contribution < 1.29 is 14.7 Å². The largest absolute Gasteiger partial charge is 0.481 e. The fourth-order valence-electron chi connectivity index (χ4n) is 2.69. The average molecular weight is 254 g/mol. The fourth-order valence-corrected chi connectivity index (χ4v) is 2.69. The molecule has 1 atom stereocenters. The van der Waals surface area contributed by atoms with E-state index in [9.17, 15) is 14.7 Å². The number of urea groups is 1. The summed E-state index contributed by atoms with van der Waals surface area (Å²) in [6.07, 6.45) is 3.60. The highest BCUT2D eigenvalue weighted by atomic mass is 16.4. The first kappa shape index (κ1) is 13.2. The van der Waals surface area contributed by atoms with Gasteiger partial charge in [0.05, 0.1) is 5.41 Å². The molecule has 0 spiro atoms. The van der Waals surface area contributed by atoms with Gasteiger partial charge in [0.25, 0.3) is 0 Å². The lowest BCUT2D eigenvalue weighted by atomic mass is 9.82. The molecule has 102 valence electrons. The molecule has 0 aromatic rings. The molecule has 1 aliphatic heterocycles. The molecule has 0 bridgehead atoms. The molecule has 1 heterocycles. The smallest absolute Gasteiger partial charge is 0.320 e. The molecule has 2 fully saturated rings. The maximum Gasteiger partial charge on any atom is 0.320 e. The van der Waals surface area contributed by atoms with Crippen LogP contribution in [0.4, 0.5) is 4.79 Å². The molecule has 0 radical (unpaired) electrons. The van der Waals surface area contributed by atoms with Crippen LogP contribution in [0.25, 0.3) is 0 Å². The van der Waals surface area contributed by atoms with Crippen LogP contribution in [0, 0.1) is 5.41 Å². The van der Waals surface area contributed by atoms with Crippen molar-refractivity contribution in [2.24, 2.45) is 5.41 Å². The van der Waals surface area contributed by atoms with Gasteiger partial charge in [-0.25, -0.2) is 4.79 Å². The number of carbonyl (C=O) groups excluding carboxylic acids is 1. The number of carboxylic acids is 1. The second kappa shape index (κ2) is 4.78. The van der Waals surface area contributed by atoms with Crippen LogP contribution in [0.2, 0.25) is 0 Å². The fraction of sp³-hybridized carbons (Fsp3) is 0.846. The quantitative estimate of drug-likeness (QED) is 0.835. The van der Waals surface area contributed by atoms with Gasteiger partial charge in [0.1, 0.15) is 0 Å². The van der Waals surface area contributed by atoms with Crippen molar-refractivity contribution in [3.63, 3.8) is 0 Å². The second-order valence-corrected chi connectivity index (χ2v) is 5.69. The highest BCUT2D eigenvalue weighted by Crippen LogP contribution is 2.32. The molecular weight excluding hydrogens is 232 g/mol. The predicted molar refractivity (Wildman–Crippen MR) is 67.3 cm³/mol. The number of piperidine rings is 1. The third kappa shape index (κ3) is 2.44. The van der Waals surface area contributed by atoms with Crippen LogP contribution >= 0.6 is 0 Å². The van der Waals surface area contributed by atoms with Crippen molar-refractivity contribution in [2.45, 2.75) is 45.6 Å². The summed E-state index contributed by atoms with van der Waals surface area (Å²) in [7, 11) is 0. The molecule has 5 nitrogen and oxygen atoms in total. The van der Waals surface area contributed by atoms with Crippen LogP contribution < -0.4 is 0 Å². The summed E-state index contributed by atoms with van der Waals surface area (Å²) < 4.78 is 0.